The molecule has 0 aliphatic rings. The van der Waals surface area contributed by atoms with Crippen molar-refractivity contribution in [2.24, 2.45) is 0 Å². The summed E-state index contributed by atoms with van der Waals surface area (Å²) in [5.74, 6) is -1.30. The Bertz CT molecular complexity index is 653. The van der Waals surface area contributed by atoms with Crippen molar-refractivity contribution in [3.05, 3.63) is 64.9 Å². The van der Waals surface area contributed by atoms with E-state index < -0.39 is 5.97 Å². The average molecular weight is 309 g/mol. The summed E-state index contributed by atoms with van der Waals surface area (Å²) in [6.07, 6.45) is 2.48. The summed E-state index contributed by atoms with van der Waals surface area (Å²) in [6, 6.07) is 11.5. The van der Waals surface area contributed by atoms with E-state index in [2.05, 4.69) is 0 Å². The predicted octanol–water partition coefficient (Wildman–Crippen LogP) is 4.73. The smallest absolute Gasteiger partial charge is 0.328 e. The molecule has 2 nitrogen and oxygen atoms in total. The fraction of sp³-hybridized carbons (Fsp3) is 0. The second-order valence-electron chi connectivity index (χ2n) is 3.91. The number of hydrogen-bond donors (Lipinski definition) is 1. The summed E-state index contributed by atoms with van der Waals surface area (Å²) in [6.45, 7) is 0. The summed E-state index contributed by atoms with van der Waals surface area (Å²) >= 11 is 7.54. The lowest BCUT2D eigenvalue weighted by Crippen LogP contribution is -1.86. The molecule has 2 rings (SSSR count). The first kappa shape index (κ1) is 14.6. The van der Waals surface area contributed by atoms with Gasteiger partial charge in [-0.05, 0) is 48.0 Å². The fourth-order valence-electron chi connectivity index (χ4n) is 1.51. The van der Waals surface area contributed by atoms with Crippen LogP contribution >= 0.6 is 23.4 Å². The molecule has 0 saturated heterocycles. The Morgan fingerprint density at radius 2 is 1.80 bits per heavy atom. The lowest BCUT2D eigenvalue weighted by molar-refractivity contribution is -0.131. The molecule has 5 heteroatoms. The Labute approximate surface area is 124 Å². The first-order valence-electron chi connectivity index (χ1n) is 5.68. The van der Waals surface area contributed by atoms with Crippen molar-refractivity contribution < 1.29 is 14.3 Å². The highest BCUT2D eigenvalue weighted by molar-refractivity contribution is 7.99. The third kappa shape index (κ3) is 4.11. The Kier molecular flexibility index (Phi) is 4.82. The minimum atomic E-state index is -1.02. The number of halogens is 2. The number of carbonyl (C=O) groups is 1. The molecule has 0 bridgehead atoms. The van der Waals surface area contributed by atoms with E-state index in [0.29, 0.717) is 10.6 Å². The number of hydrogen-bond acceptors (Lipinski definition) is 2. The highest BCUT2D eigenvalue weighted by Crippen LogP contribution is 2.31. The molecule has 102 valence electrons. The molecule has 0 heterocycles. The molecular weight excluding hydrogens is 299 g/mol. The Balaban J connectivity index is 2.16. The third-order valence-electron chi connectivity index (χ3n) is 2.43. The molecule has 0 radical (unpaired) electrons. The van der Waals surface area contributed by atoms with Crippen LogP contribution in [0.15, 0.2) is 58.3 Å². The number of aliphatic carboxylic acids is 1. The van der Waals surface area contributed by atoms with Gasteiger partial charge < -0.3 is 5.11 Å². The van der Waals surface area contributed by atoms with Gasteiger partial charge in [0.2, 0.25) is 0 Å². The van der Waals surface area contributed by atoms with E-state index in [9.17, 15) is 9.18 Å². The van der Waals surface area contributed by atoms with Gasteiger partial charge in [-0.1, -0.05) is 29.4 Å². The minimum absolute atomic E-state index is 0.276. The van der Waals surface area contributed by atoms with E-state index in [0.717, 1.165) is 15.9 Å². The first-order valence-corrected chi connectivity index (χ1v) is 6.88. The number of carboxylic acids is 1. The molecule has 0 fully saturated rings. The van der Waals surface area contributed by atoms with E-state index in [1.165, 1.54) is 30.0 Å². The minimum Gasteiger partial charge on any atom is -0.478 e. The van der Waals surface area contributed by atoms with Crippen LogP contribution in [0, 0.1) is 5.82 Å². The van der Waals surface area contributed by atoms with Gasteiger partial charge in [-0.15, -0.1) is 0 Å². The monoisotopic (exact) mass is 308 g/mol. The molecule has 1 N–H and O–H groups in total. The molecule has 2 aromatic carbocycles. The number of benzene rings is 2. The highest BCUT2D eigenvalue weighted by atomic mass is 35.5. The van der Waals surface area contributed by atoms with Gasteiger partial charge in [-0.3, -0.25) is 0 Å². The van der Waals surface area contributed by atoms with Crippen LogP contribution in [-0.4, -0.2) is 11.1 Å². The quantitative estimate of drug-likeness (QED) is 0.830. The van der Waals surface area contributed by atoms with E-state index in [1.807, 2.05) is 6.07 Å². The molecule has 0 atom stereocenters. The van der Waals surface area contributed by atoms with Gasteiger partial charge in [0.25, 0.3) is 0 Å². The zero-order valence-corrected chi connectivity index (χ0v) is 11.8. The van der Waals surface area contributed by atoms with E-state index in [4.69, 9.17) is 16.7 Å². The van der Waals surface area contributed by atoms with Crippen LogP contribution < -0.4 is 0 Å². The van der Waals surface area contributed by atoms with E-state index >= 15 is 0 Å². The fourth-order valence-corrected chi connectivity index (χ4v) is 2.67. The van der Waals surface area contributed by atoms with Gasteiger partial charge in [0.05, 0.1) is 0 Å². The molecular formula is C15H10ClFO2S. The van der Waals surface area contributed by atoms with Gasteiger partial charge in [0, 0.05) is 20.9 Å². The lowest BCUT2D eigenvalue weighted by atomic mass is 10.2. The Morgan fingerprint density at radius 1 is 1.15 bits per heavy atom. The highest BCUT2D eigenvalue weighted by Gasteiger charge is 2.02. The molecule has 0 unspecified atom stereocenters. The zero-order valence-electron chi connectivity index (χ0n) is 10.2. The van der Waals surface area contributed by atoms with Gasteiger partial charge in [0.1, 0.15) is 5.82 Å². The summed E-state index contributed by atoms with van der Waals surface area (Å²) in [5, 5.41) is 9.04. The zero-order chi connectivity index (χ0) is 14.5. The Morgan fingerprint density at radius 3 is 2.40 bits per heavy atom. The maximum atomic E-state index is 12.8. The summed E-state index contributed by atoms with van der Waals surface area (Å²) in [5.41, 5.74) is 0.637. The van der Waals surface area contributed by atoms with Crippen molar-refractivity contribution in [1.29, 1.82) is 0 Å². The standard InChI is InChI=1S/C15H10ClFO2S/c16-14-9-13(5-1-10(14)2-8-15(18)19)20-12-6-3-11(17)4-7-12/h1-9H,(H,18,19). The molecule has 0 aliphatic carbocycles. The predicted molar refractivity (Wildman–Crippen MR) is 78.6 cm³/mol. The van der Waals surface area contributed by atoms with Crippen LogP contribution in [0.4, 0.5) is 4.39 Å². The van der Waals surface area contributed by atoms with Crippen LogP contribution in [0.25, 0.3) is 6.08 Å². The second-order valence-corrected chi connectivity index (χ2v) is 5.47. The van der Waals surface area contributed by atoms with Crippen molar-refractivity contribution in [3.63, 3.8) is 0 Å². The molecule has 0 saturated carbocycles. The maximum absolute atomic E-state index is 12.8. The van der Waals surface area contributed by atoms with Crippen LogP contribution in [0.1, 0.15) is 5.56 Å². The van der Waals surface area contributed by atoms with Gasteiger partial charge in [-0.25, -0.2) is 9.18 Å². The van der Waals surface area contributed by atoms with Gasteiger partial charge in [-0.2, -0.15) is 0 Å². The van der Waals surface area contributed by atoms with E-state index in [1.54, 1.807) is 24.3 Å². The van der Waals surface area contributed by atoms with E-state index in [-0.39, 0.29) is 5.82 Å². The first-order chi connectivity index (χ1) is 9.54. The third-order valence-corrected chi connectivity index (χ3v) is 3.75. The molecule has 0 aliphatic heterocycles. The van der Waals surface area contributed by atoms with Crippen LogP contribution in [-0.2, 0) is 4.79 Å². The van der Waals surface area contributed by atoms with Crippen LogP contribution in [0.5, 0.6) is 0 Å². The number of carboxylic acid groups (broad SMARTS) is 1. The van der Waals surface area contributed by atoms with Gasteiger partial charge >= 0.3 is 5.97 Å². The van der Waals surface area contributed by atoms with Gasteiger partial charge in [0.15, 0.2) is 0 Å². The van der Waals surface area contributed by atoms with Crippen molar-refractivity contribution in [1.82, 2.24) is 0 Å². The normalized spacial score (nSPS) is 10.9. The summed E-state index contributed by atoms with van der Waals surface area (Å²) in [7, 11) is 0. The van der Waals surface area contributed by atoms with Crippen molar-refractivity contribution in [3.8, 4) is 0 Å². The number of rotatable bonds is 4. The maximum Gasteiger partial charge on any atom is 0.328 e. The van der Waals surface area contributed by atoms with Crippen molar-refractivity contribution in [2.45, 2.75) is 9.79 Å². The SMILES string of the molecule is O=C(O)C=Cc1ccc(Sc2ccc(F)cc2)cc1Cl. The summed E-state index contributed by atoms with van der Waals surface area (Å²) in [4.78, 5) is 12.3. The summed E-state index contributed by atoms with van der Waals surface area (Å²) < 4.78 is 12.8. The second kappa shape index (κ2) is 6.59. The van der Waals surface area contributed by atoms with Crippen molar-refractivity contribution >= 4 is 35.4 Å². The molecule has 0 amide bonds. The van der Waals surface area contributed by atoms with Crippen LogP contribution in [0.2, 0.25) is 5.02 Å². The lowest BCUT2D eigenvalue weighted by Gasteiger charge is -2.04. The molecule has 20 heavy (non-hydrogen) atoms. The molecule has 0 aromatic heterocycles. The Hall–Kier alpha value is -1.78. The molecule has 0 spiro atoms. The topological polar surface area (TPSA) is 37.3 Å². The van der Waals surface area contributed by atoms with Crippen molar-refractivity contribution in [2.75, 3.05) is 0 Å². The largest absolute Gasteiger partial charge is 0.478 e. The molecule has 2 aromatic rings. The van der Waals surface area contributed by atoms with Crippen LogP contribution in [0.3, 0.4) is 0 Å². The average Bonchev–Trinajstić information content (AvgIpc) is 2.40.